The third-order valence-electron chi connectivity index (χ3n) is 8.15. The van der Waals surface area contributed by atoms with Gasteiger partial charge in [0, 0.05) is 28.9 Å². The van der Waals surface area contributed by atoms with E-state index in [-0.39, 0.29) is 0 Å². The van der Waals surface area contributed by atoms with Crippen LogP contribution in [0.25, 0.3) is 6.08 Å². The highest BCUT2D eigenvalue weighted by Crippen LogP contribution is 2.54. The fourth-order valence-electron chi connectivity index (χ4n) is 6.47. The lowest BCUT2D eigenvalue weighted by atomic mass is 9.70. The first kappa shape index (κ1) is 19.7. The molecule has 0 amide bonds. The number of benzene rings is 2. The summed E-state index contributed by atoms with van der Waals surface area (Å²) in [7, 11) is 0. The SMILES string of the molecule is C1=CC2SC3=C(C=CCC3c3cccc(C4C=CC5C=Cc6ccccc6C5C4)c3)C2C=C1. The van der Waals surface area contributed by atoms with Crippen molar-refractivity contribution < 1.29 is 0 Å². The van der Waals surface area contributed by atoms with Gasteiger partial charge in [-0.2, -0.15) is 0 Å². The fraction of sp³-hybridized carbons (Fsp3) is 0.250. The highest BCUT2D eigenvalue weighted by atomic mass is 32.2. The van der Waals surface area contributed by atoms with Crippen molar-refractivity contribution in [1.82, 2.24) is 0 Å². The van der Waals surface area contributed by atoms with E-state index in [0.717, 1.165) is 6.42 Å². The van der Waals surface area contributed by atoms with E-state index >= 15 is 0 Å². The Kier molecular flexibility index (Phi) is 4.72. The van der Waals surface area contributed by atoms with Crippen molar-refractivity contribution in [2.75, 3.05) is 0 Å². The number of fused-ring (bicyclic) bond motifs is 5. The summed E-state index contributed by atoms with van der Waals surface area (Å²) < 4.78 is 0. The first-order valence-corrected chi connectivity index (χ1v) is 13.2. The second-order valence-corrected chi connectivity index (χ2v) is 11.2. The Morgan fingerprint density at radius 1 is 0.788 bits per heavy atom. The average Bonchev–Trinajstić information content (AvgIpc) is 3.27. The molecule has 0 spiro atoms. The van der Waals surface area contributed by atoms with Crippen molar-refractivity contribution >= 4 is 17.8 Å². The number of thioether (sulfide) groups is 1. The van der Waals surface area contributed by atoms with Gasteiger partial charge < -0.3 is 0 Å². The minimum absolute atomic E-state index is 0.489. The van der Waals surface area contributed by atoms with Crippen molar-refractivity contribution in [2.45, 2.75) is 35.8 Å². The molecule has 33 heavy (non-hydrogen) atoms. The minimum Gasteiger partial charge on any atom is -0.121 e. The Hall–Kier alpha value is -2.77. The Bertz CT molecular complexity index is 1280. The van der Waals surface area contributed by atoms with Crippen LogP contribution in [0.5, 0.6) is 0 Å². The quantitative estimate of drug-likeness (QED) is 0.420. The molecule has 0 aromatic heterocycles. The summed E-state index contributed by atoms with van der Waals surface area (Å²) in [5, 5.41) is 0.575. The molecule has 7 rings (SSSR count). The first-order chi connectivity index (χ1) is 16.3. The zero-order valence-corrected chi connectivity index (χ0v) is 19.5. The summed E-state index contributed by atoms with van der Waals surface area (Å²) >= 11 is 2.10. The highest BCUT2D eigenvalue weighted by Gasteiger charge is 2.37. The maximum absolute atomic E-state index is 2.52. The Morgan fingerprint density at radius 2 is 1.70 bits per heavy atom. The molecular weight excluding hydrogens is 416 g/mol. The van der Waals surface area contributed by atoms with Crippen LogP contribution in [0.1, 0.15) is 52.8 Å². The van der Waals surface area contributed by atoms with Crippen molar-refractivity contribution in [3.8, 4) is 0 Å². The van der Waals surface area contributed by atoms with E-state index in [4.69, 9.17) is 0 Å². The number of hydrogen-bond donors (Lipinski definition) is 0. The summed E-state index contributed by atoms with van der Waals surface area (Å²) in [6.07, 6.45) is 26.0. The van der Waals surface area contributed by atoms with Gasteiger partial charge in [0.25, 0.3) is 0 Å². The van der Waals surface area contributed by atoms with E-state index in [9.17, 15) is 0 Å². The molecule has 0 N–H and O–H groups in total. The molecule has 2 aromatic carbocycles. The largest absolute Gasteiger partial charge is 0.121 e. The Balaban J connectivity index is 1.20. The van der Waals surface area contributed by atoms with E-state index in [1.807, 2.05) is 0 Å². The van der Waals surface area contributed by atoms with Crippen molar-refractivity contribution in [3.05, 3.63) is 136 Å². The number of rotatable bonds is 2. The normalized spacial score (nSPS) is 33.0. The zero-order chi connectivity index (χ0) is 21.8. The standard InChI is InChI=1S/C32H28S/c1-2-10-26-21(7-1)15-16-22-17-18-24(20-30(22)26)23-8-5-9-25(19-23)27-12-6-13-29-28-11-3-4-14-31(28)33-32(27)29/h1-11,13-19,22,24,27-28,30-31H,12,20H2. The third-order valence-corrected chi connectivity index (χ3v) is 9.65. The van der Waals surface area contributed by atoms with Gasteiger partial charge in [0.05, 0.1) is 0 Å². The van der Waals surface area contributed by atoms with Gasteiger partial charge in [0.1, 0.15) is 0 Å². The predicted octanol–water partition coefficient (Wildman–Crippen LogP) is 8.31. The van der Waals surface area contributed by atoms with E-state index in [1.54, 1.807) is 10.5 Å². The lowest BCUT2D eigenvalue weighted by molar-refractivity contribution is 0.491. The molecular formula is C32H28S. The molecule has 0 saturated heterocycles. The van der Waals surface area contributed by atoms with Gasteiger partial charge in [-0.05, 0) is 51.5 Å². The van der Waals surface area contributed by atoms with Gasteiger partial charge in [0.15, 0.2) is 0 Å². The van der Waals surface area contributed by atoms with Gasteiger partial charge in [-0.25, -0.2) is 0 Å². The van der Waals surface area contributed by atoms with E-state index in [0.29, 0.717) is 34.8 Å². The Morgan fingerprint density at radius 3 is 2.70 bits per heavy atom. The average molecular weight is 445 g/mol. The van der Waals surface area contributed by atoms with Crippen LogP contribution in [0.2, 0.25) is 0 Å². The highest BCUT2D eigenvalue weighted by molar-refractivity contribution is 8.04. The van der Waals surface area contributed by atoms with E-state index in [1.165, 1.54) is 28.7 Å². The molecule has 5 aliphatic rings. The lowest BCUT2D eigenvalue weighted by Crippen LogP contribution is -2.20. The zero-order valence-electron chi connectivity index (χ0n) is 18.7. The second kappa shape index (κ2) is 7.92. The van der Waals surface area contributed by atoms with Crippen molar-refractivity contribution in [1.29, 1.82) is 0 Å². The summed E-state index contributed by atoms with van der Waals surface area (Å²) in [4.78, 5) is 1.60. The molecule has 2 aromatic rings. The van der Waals surface area contributed by atoms with Crippen LogP contribution in [0, 0.1) is 11.8 Å². The van der Waals surface area contributed by atoms with Crippen LogP contribution < -0.4 is 0 Å². The summed E-state index contributed by atoms with van der Waals surface area (Å²) in [5.41, 5.74) is 7.44. The summed E-state index contributed by atoms with van der Waals surface area (Å²) in [5.74, 6) is 2.66. The maximum atomic E-state index is 2.52. The molecule has 6 atom stereocenters. The summed E-state index contributed by atoms with van der Waals surface area (Å²) in [6, 6.07) is 18.5. The van der Waals surface area contributed by atoms with Crippen LogP contribution in [-0.4, -0.2) is 5.25 Å². The molecule has 0 fully saturated rings. The second-order valence-electron chi connectivity index (χ2n) is 9.96. The number of allylic oxidation sites excluding steroid dienone is 10. The minimum atomic E-state index is 0.489. The van der Waals surface area contributed by atoms with Crippen LogP contribution in [0.3, 0.4) is 0 Å². The molecule has 0 radical (unpaired) electrons. The Labute approximate surface area is 201 Å². The summed E-state index contributed by atoms with van der Waals surface area (Å²) in [6.45, 7) is 0. The molecule has 0 bridgehead atoms. The van der Waals surface area contributed by atoms with Crippen LogP contribution in [-0.2, 0) is 0 Å². The number of hydrogen-bond acceptors (Lipinski definition) is 1. The smallest absolute Gasteiger partial charge is 0.0378 e. The van der Waals surface area contributed by atoms with Crippen LogP contribution in [0.4, 0.5) is 0 Å². The predicted molar refractivity (Wildman–Crippen MR) is 141 cm³/mol. The molecule has 1 aliphatic heterocycles. The van der Waals surface area contributed by atoms with E-state index < -0.39 is 0 Å². The molecule has 0 nitrogen and oxygen atoms in total. The monoisotopic (exact) mass is 444 g/mol. The van der Waals surface area contributed by atoms with Crippen LogP contribution in [0.15, 0.2) is 114 Å². The topological polar surface area (TPSA) is 0 Å². The van der Waals surface area contributed by atoms with Crippen molar-refractivity contribution in [3.63, 3.8) is 0 Å². The van der Waals surface area contributed by atoms with Gasteiger partial charge in [0.2, 0.25) is 0 Å². The van der Waals surface area contributed by atoms with E-state index in [2.05, 4.69) is 121 Å². The van der Waals surface area contributed by atoms with Crippen LogP contribution >= 0.6 is 11.8 Å². The molecule has 1 heterocycles. The molecule has 162 valence electrons. The third kappa shape index (κ3) is 3.28. The molecule has 0 saturated carbocycles. The first-order valence-electron chi connectivity index (χ1n) is 12.3. The molecule has 1 heteroatoms. The van der Waals surface area contributed by atoms with Gasteiger partial charge in [-0.15, -0.1) is 11.8 Å². The van der Waals surface area contributed by atoms with Crippen molar-refractivity contribution in [2.24, 2.45) is 11.8 Å². The molecule has 6 unspecified atom stereocenters. The lowest BCUT2D eigenvalue weighted by Gasteiger charge is -2.34. The van der Waals surface area contributed by atoms with Gasteiger partial charge >= 0.3 is 0 Å². The fourth-order valence-corrected chi connectivity index (χ4v) is 8.05. The van der Waals surface area contributed by atoms with Gasteiger partial charge in [-0.3, -0.25) is 0 Å². The molecule has 4 aliphatic carbocycles. The maximum Gasteiger partial charge on any atom is 0.0378 e. The van der Waals surface area contributed by atoms with Gasteiger partial charge in [-0.1, -0.05) is 109 Å².